The maximum absolute atomic E-state index is 12.7. The second-order valence-electron chi connectivity index (χ2n) is 8.34. The Morgan fingerprint density at radius 1 is 1.00 bits per heavy atom. The molecule has 178 valence electrons. The number of rotatable bonds is 8. The van der Waals surface area contributed by atoms with Crippen LogP contribution in [-0.2, 0) is 11.3 Å². The molecule has 33 heavy (non-hydrogen) atoms. The van der Waals surface area contributed by atoms with Gasteiger partial charge in [-0.05, 0) is 37.0 Å². The van der Waals surface area contributed by atoms with Crippen LogP contribution in [0.15, 0.2) is 59.6 Å². The molecule has 0 atom stereocenters. The van der Waals surface area contributed by atoms with E-state index in [0.29, 0.717) is 18.4 Å². The van der Waals surface area contributed by atoms with Crippen LogP contribution in [-0.4, -0.2) is 63.1 Å². The average Bonchev–Trinajstić information content (AvgIpc) is 3.68. The van der Waals surface area contributed by atoms with Gasteiger partial charge in [-0.15, -0.1) is 24.0 Å². The molecule has 2 aliphatic rings. The van der Waals surface area contributed by atoms with E-state index in [-0.39, 0.29) is 36.4 Å². The Hall–Kier alpha value is -2.49. The first kappa shape index (κ1) is 25.1. The van der Waals surface area contributed by atoms with Crippen LogP contribution in [0.3, 0.4) is 0 Å². The number of para-hydroxylation sites is 2. The van der Waals surface area contributed by atoms with Crippen molar-refractivity contribution in [2.45, 2.75) is 19.4 Å². The molecule has 1 saturated carbocycles. The second-order valence-corrected chi connectivity index (χ2v) is 8.34. The van der Waals surface area contributed by atoms with Crippen LogP contribution < -0.4 is 20.3 Å². The first-order valence-corrected chi connectivity index (χ1v) is 11.5. The van der Waals surface area contributed by atoms with Crippen LogP contribution in [0.25, 0.3) is 0 Å². The summed E-state index contributed by atoms with van der Waals surface area (Å²) in [7, 11) is 1.72. The Balaban J connectivity index is 0.00000306. The fraction of sp³-hybridized carbons (Fsp3) is 0.440. The molecule has 0 aromatic heterocycles. The minimum absolute atomic E-state index is 0. The Kier molecular flexibility index (Phi) is 9.65. The highest BCUT2D eigenvalue weighted by Crippen LogP contribution is 2.30. The summed E-state index contributed by atoms with van der Waals surface area (Å²) in [6, 6.07) is 18.4. The van der Waals surface area contributed by atoms with E-state index >= 15 is 0 Å². The molecule has 1 saturated heterocycles. The monoisotopic (exact) mass is 563 g/mol. The first-order valence-electron chi connectivity index (χ1n) is 11.5. The van der Waals surface area contributed by atoms with Crippen molar-refractivity contribution in [1.29, 1.82) is 0 Å². The molecule has 2 aromatic rings. The van der Waals surface area contributed by atoms with Crippen LogP contribution >= 0.6 is 24.0 Å². The van der Waals surface area contributed by atoms with Crippen LogP contribution in [0, 0.1) is 5.92 Å². The number of ether oxygens (including phenoxy) is 1. The average molecular weight is 563 g/mol. The third-order valence-corrected chi connectivity index (χ3v) is 5.97. The van der Waals surface area contributed by atoms with Gasteiger partial charge >= 0.3 is 0 Å². The zero-order valence-corrected chi connectivity index (χ0v) is 21.5. The van der Waals surface area contributed by atoms with Crippen molar-refractivity contribution in [2.75, 3.05) is 51.3 Å². The molecule has 1 heterocycles. The summed E-state index contributed by atoms with van der Waals surface area (Å²) < 4.78 is 5.98. The van der Waals surface area contributed by atoms with E-state index < -0.39 is 0 Å². The zero-order chi connectivity index (χ0) is 22.2. The number of halogens is 1. The number of aliphatic imine (C=N–C) groups is 1. The zero-order valence-electron chi connectivity index (χ0n) is 19.2. The van der Waals surface area contributed by atoms with Crippen LogP contribution in [0.5, 0.6) is 5.75 Å². The van der Waals surface area contributed by atoms with Crippen LogP contribution in [0.2, 0.25) is 0 Å². The van der Waals surface area contributed by atoms with Crippen molar-refractivity contribution in [3.8, 4) is 5.75 Å². The normalized spacial score (nSPS) is 16.1. The number of carbonyl (C=O) groups excluding carboxylic acids is 1. The molecule has 0 spiro atoms. The lowest BCUT2D eigenvalue weighted by Gasteiger charge is -2.36. The van der Waals surface area contributed by atoms with Gasteiger partial charge in [0.2, 0.25) is 5.91 Å². The molecule has 4 rings (SSSR count). The lowest BCUT2D eigenvalue weighted by Crippen LogP contribution is -2.52. The van der Waals surface area contributed by atoms with E-state index in [1.54, 1.807) is 7.05 Å². The molecule has 0 bridgehead atoms. The number of amides is 1. The maximum atomic E-state index is 12.7. The molecule has 2 fully saturated rings. The molecular formula is C25H34IN5O2. The molecular weight excluding hydrogens is 529 g/mol. The highest BCUT2D eigenvalue weighted by molar-refractivity contribution is 14.0. The summed E-state index contributed by atoms with van der Waals surface area (Å²) in [6.07, 6.45) is 2.54. The van der Waals surface area contributed by atoms with Crippen molar-refractivity contribution in [1.82, 2.24) is 15.5 Å². The molecule has 0 unspecified atom stereocenters. The third-order valence-electron chi connectivity index (χ3n) is 5.97. The molecule has 1 aliphatic heterocycles. The van der Waals surface area contributed by atoms with Crippen molar-refractivity contribution < 1.29 is 9.53 Å². The summed E-state index contributed by atoms with van der Waals surface area (Å²) in [5.74, 6) is 2.33. The van der Waals surface area contributed by atoms with Gasteiger partial charge in [0, 0.05) is 51.0 Å². The molecule has 1 amide bonds. The standard InChI is InChI=1S/C25H33N5O2.HI/c1-26-25(27-17-21-7-5-6-10-23(21)32-19-20-11-12-20)28-18-24(31)30-15-13-29(14-16-30)22-8-3-2-4-9-22;/h2-10,20H,11-19H2,1H3,(H2,26,27,28);1H. The number of hydrogen-bond acceptors (Lipinski definition) is 4. The van der Waals surface area contributed by atoms with E-state index in [2.05, 4.69) is 38.7 Å². The highest BCUT2D eigenvalue weighted by Gasteiger charge is 2.23. The van der Waals surface area contributed by atoms with Gasteiger partial charge in [0.25, 0.3) is 0 Å². The van der Waals surface area contributed by atoms with Gasteiger partial charge in [-0.1, -0.05) is 36.4 Å². The third kappa shape index (κ3) is 7.52. The number of nitrogens with one attached hydrogen (secondary N) is 2. The van der Waals surface area contributed by atoms with Gasteiger partial charge in [-0.3, -0.25) is 9.79 Å². The number of piperazine rings is 1. The Morgan fingerprint density at radius 2 is 1.70 bits per heavy atom. The van der Waals surface area contributed by atoms with E-state index in [4.69, 9.17) is 4.74 Å². The number of carbonyl (C=O) groups is 1. The Morgan fingerprint density at radius 3 is 2.39 bits per heavy atom. The van der Waals surface area contributed by atoms with Crippen molar-refractivity contribution in [2.24, 2.45) is 10.9 Å². The van der Waals surface area contributed by atoms with Crippen molar-refractivity contribution in [3.05, 3.63) is 60.2 Å². The number of anilines is 1. The van der Waals surface area contributed by atoms with Gasteiger partial charge < -0.3 is 25.2 Å². The van der Waals surface area contributed by atoms with Gasteiger partial charge in [0.05, 0.1) is 13.2 Å². The summed E-state index contributed by atoms with van der Waals surface area (Å²) in [5, 5.41) is 6.45. The quantitative estimate of drug-likeness (QED) is 0.294. The Labute approximate surface area is 213 Å². The summed E-state index contributed by atoms with van der Waals surface area (Å²) in [6.45, 7) is 4.76. The number of guanidine groups is 1. The minimum Gasteiger partial charge on any atom is -0.493 e. The fourth-order valence-corrected chi connectivity index (χ4v) is 3.81. The van der Waals surface area contributed by atoms with E-state index in [1.165, 1.54) is 18.5 Å². The molecule has 2 aromatic carbocycles. The fourth-order valence-electron chi connectivity index (χ4n) is 3.81. The van der Waals surface area contributed by atoms with Gasteiger partial charge in [0.15, 0.2) is 5.96 Å². The topological polar surface area (TPSA) is 69.2 Å². The minimum atomic E-state index is 0. The summed E-state index contributed by atoms with van der Waals surface area (Å²) in [5.41, 5.74) is 2.29. The largest absolute Gasteiger partial charge is 0.493 e. The van der Waals surface area contributed by atoms with Crippen LogP contribution in [0.4, 0.5) is 5.69 Å². The number of hydrogen-bond donors (Lipinski definition) is 2. The number of nitrogens with zero attached hydrogens (tertiary/aromatic N) is 3. The second kappa shape index (κ2) is 12.7. The molecule has 1 aliphatic carbocycles. The van der Waals surface area contributed by atoms with Gasteiger partial charge in [-0.2, -0.15) is 0 Å². The van der Waals surface area contributed by atoms with E-state index in [0.717, 1.165) is 44.1 Å². The predicted molar refractivity (Wildman–Crippen MR) is 144 cm³/mol. The Bertz CT molecular complexity index is 912. The highest BCUT2D eigenvalue weighted by atomic mass is 127. The van der Waals surface area contributed by atoms with E-state index in [9.17, 15) is 4.79 Å². The molecule has 8 heteroatoms. The summed E-state index contributed by atoms with van der Waals surface area (Å²) in [4.78, 5) is 21.2. The van der Waals surface area contributed by atoms with Crippen molar-refractivity contribution in [3.63, 3.8) is 0 Å². The van der Waals surface area contributed by atoms with Crippen LogP contribution in [0.1, 0.15) is 18.4 Å². The smallest absolute Gasteiger partial charge is 0.242 e. The molecule has 0 radical (unpaired) electrons. The lowest BCUT2D eigenvalue weighted by atomic mass is 10.2. The van der Waals surface area contributed by atoms with E-state index in [1.807, 2.05) is 41.3 Å². The van der Waals surface area contributed by atoms with Crippen molar-refractivity contribution >= 4 is 41.5 Å². The first-order chi connectivity index (χ1) is 15.7. The molecule has 7 nitrogen and oxygen atoms in total. The van der Waals surface area contributed by atoms with Gasteiger partial charge in [0.1, 0.15) is 5.75 Å². The summed E-state index contributed by atoms with van der Waals surface area (Å²) >= 11 is 0. The lowest BCUT2D eigenvalue weighted by molar-refractivity contribution is -0.130. The SMILES string of the molecule is CN=C(NCC(=O)N1CCN(c2ccccc2)CC1)NCc1ccccc1OCC1CC1.I. The molecule has 2 N–H and O–H groups in total. The predicted octanol–water partition coefficient (Wildman–Crippen LogP) is 3.11. The van der Waals surface area contributed by atoms with Gasteiger partial charge in [-0.25, -0.2) is 0 Å². The number of benzene rings is 2. The maximum Gasteiger partial charge on any atom is 0.242 e.